The van der Waals surface area contributed by atoms with E-state index in [1.165, 1.54) is 0 Å². The number of aromatic nitrogens is 1. The van der Waals surface area contributed by atoms with Gasteiger partial charge in [0.2, 0.25) is 0 Å². The molecule has 0 aliphatic carbocycles. The van der Waals surface area contributed by atoms with E-state index in [4.69, 9.17) is 5.73 Å². The number of carboxylic acid groups (broad SMARTS) is 1. The number of pyridine rings is 1. The zero-order valence-corrected chi connectivity index (χ0v) is 11.3. The molecular weight excluding hydrogens is 254 g/mol. The van der Waals surface area contributed by atoms with Crippen LogP contribution in [0.15, 0.2) is 42.7 Å². The minimum Gasteiger partial charge on any atom is -0.478 e. The largest absolute Gasteiger partial charge is 0.478 e. The molecule has 1 aromatic carbocycles. The van der Waals surface area contributed by atoms with Crippen LogP contribution < -0.4 is 10.6 Å². The fourth-order valence-electron chi connectivity index (χ4n) is 2.07. The van der Waals surface area contributed by atoms with E-state index in [0.29, 0.717) is 24.5 Å². The lowest BCUT2D eigenvalue weighted by atomic mass is 10.1. The smallest absolute Gasteiger partial charge is 0.337 e. The van der Waals surface area contributed by atoms with E-state index >= 15 is 0 Å². The lowest BCUT2D eigenvalue weighted by Crippen LogP contribution is -2.24. The maximum Gasteiger partial charge on any atom is 0.337 e. The third-order valence-corrected chi connectivity index (χ3v) is 3.10. The van der Waals surface area contributed by atoms with Crippen LogP contribution in [-0.4, -0.2) is 22.6 Å². The minimum atomic E-state index is -0.951. The number of carboxylic acids is 1. The van der Waals surface area contributed by atoms with Crippen molar-refractivity contribution in [2.24, 2.45) is 0 Å². The highest BCUT2D eigenvalue weighted by atomic mass is 16.4. The molecule has 20 heavy (non-hydrogen) atoms. The highest BCUT2D eigenvalue weighted by Crippen LogP contribution is 2.25. The average Bonchev–Trinajstić information content (AvgIpc) is 2.45. The van der Waals surface area contributed by atoms with Crippen molar-refractivity contribution in [2.75, 3.05) is 17.2 Å². The molecule has 0 saturated heterocycles. The third kappa shape index (κ3) is 3.06. The fourth-order valence-corrected chi connectivity index (χ4v) is 2.07. The molecule has 0 radical (unpaired) electrons. The van der Waals surface area contributed by atoms with Gasteiger partial charge >= 0.3 is 5.97 Å². The van der Waals surface area contributed by atoms with Gasteiger partial charge < -0.3 is 15.7 Å². The number of carbonyl (C=O) groups is 1. The first-order chi connectivity index (χ1) is 9.61. The highest BCUT2D eigenvalue weighted by Gasteiger charge is 2.15. The summed E-state index contributed by atoms with van der Waals surface area (Å²) >= 11 is 0. The van der Waals surface area contributed by atoms with Crippen LogP contribution in [0.3, 0.4) is 0 Å². The maximum absolute atomic E-state index is 11.3. The standard InChI is InChI=1S/C15H17N3O2/c1-2-18(10-11-5-7-17-8-6-11)14-9-12(16)3-4-13(14)15(19)20/h3-9H,2,10,16H2,1H3,(H,19,20). The number of nitrogens with two attached hydrogens (primary N) is 1. The van der Waals surface area contributed by atoms with Gasteiger partial charge in [0, 0.05) is 31.2 Å². The molecule has 0 spiro atoms. The molecule has 0 amide bonds. The van der Waals surface area contributed by atoms with E-state index in [0.717, 1.165) is 5.56 Å². The van der Waals surface area contributed by atoms with Crippen molar-refractivity contribution < 1.29 is 9.90 Å². The van der Waals surface area contributed by atoms with E-state index in [1.54, 1.807) is 30.6 Å². The van der Waals surface area contributed by atoms with Crippen molar-refractivity contribution >= 4 is 17.3 Å². The second-order valence-electron chi connectivity index (χ2n) is 4.45. The maximum atomic E-state index is 11.3. The summed E-state index contributed by atoms with van der Waals surface area (Å²) in [5, 5.41) is 9.29. The van der Waals surface area contributed by atoms with Crippen molar-refractivity contribution in [3.05, 3.63) is 53.9 Å². The summed E-state index contributed by atoms with van der Waals surface area (Å²) < 4.78 is 0. The van der Waals surface area contributed by atoms with Crippen LogP contribution in [-0.2, 0) is 6.54 Å². The molecule has 2 rings (SSSR count). The molecule has 0 bridgehead atoms. The molecule has 2 aromatic rings. The first-order valence-corrected chi connectivity index (χ1v) is 6.38. The molecule has 0 atom stereocenters. The zero-order valence-electron chi connectivity index (χ0n) is 11.3. The quantitative estimate of drug-likeness (QED) is 0.816. The number of nitrogens with zero attached hydrogens (tertiary/aromatic N) is 2. The van der Waals surface area contributed by atoms with Gasteiger partial charge in [0.05, 0.1) is 11.3 Å². The highest BCUT2D eigenvalue weighted by molar-refractivity contribution is 5.95. The van der Waals surface area contributed by atoms with Crippen molar-refractivity contribution in [2.45, 2.75) is 13.5 Å². The molecule has 3 N–H and O–H groups in total. The van der Waals surface area contributed by atoms with Gasteiger partial charge in [0.25, 0.3) is 0 Å². The van der Waals surface area contributed by atoms with Crippen molar-refractivity contribution in [3.8, 4) is 0 Å². The monoisotopic (exact) mass is 271 g/mol. The van der Waals surface area contributed by atoms with Crippen LogP contribution in [0.25, 0.3) is 0 Å². The number of anilines is 2. The Balaban J connectivity index is 2.36. The molecule has 5 nitrogen and oxygen atoms in total. The van der Waals surface area contributed by atoms with Gasteiger partial charge in [-0.15, -0.1) is 0 Å². The first-order valence-electron chi connectivity index (χ1n) is 6.38. The molecule has 0 unspecified atom stereocenters. The Morgan fingerprint density at radius 1 is 1.30 bits per heavy atom. The minimum absolute atomic E-state index is 0.259. The summed E-state index contributed by atoms with van der Waals surface area (Å²) in [6.07, 6.45) is 3.45. The van der Waals surface area contributed by atoms with Gasteiger partial charge in [-0.1, -0.05) is 0 Å². The third-order valence-electron chi connectivity index (χ3n) is 3.10. The number of rotatable bonds is 5. The van der Waals surface area contributed by atoms with Crippen LogP contribution in [0.5, 0.6) is 0 Å². The lowest BCUT2D eigenvalue weighted by Gasteiger charge is -2.25. The Labute approximate surface area is 117 Å². The Kier molecular flexibility index (Phi) is 4.20. The lowest BCUT2D eigenvalue weighted by molar-refractivity contribution is 0.0697. The summed E-state index contributed by atoms with van der Waals surface area (Å²) in [5.41, 5.74) is 8.30. The predicted molar refractivity (Wildman–Crippen MR) is 78.8 cm³/mol. The summed E-state index contributed by atoms with van der Waals surface area (Å²) in [5.74, 6) is -0.951. The number of nitrogen functional groups attached to an aromatic ring is 1. The Morgan fingerprint density at radius 2 is 2.00 bits per heavy atom. The van der Waals surface area contributed by atoms with Crippen molar-refractivity contribution in [1.29, 1.82) is 0 Å². The summed E-state index contributed by atoms with van der Waals surface area (Å²) in [7, 11) is 0. The van der Waals surface area contributed by atoms with Gasteiger partial charge in [0.1, 0.15) is 0 Å². The van der Waals surface area contributed by atoms with Gasteiger partial charge in [0.15, 0.2) is 0 Å². The van der Waals surface area contributed by atoms with Gasteiger partial charge in [-0.25, -0.2) is 4.79 Å². The summed E-state index contributed by atoms with van der Waals surface area (Å²) in [6, 6.07) is 8.67. The molecule has 0 aliphatic rings. The van der Waals surface area contributed by atoms with Crippen molar-refractivity contribution in [3.63, 3.8) is 0 Å². The van der Waals surface area contributed by atoms with Crippen LogP contribution >= 0.6 is 0 Å². The molecule has 1 aromatic heterocycles. The average molecular weight is 271 g/mol. The number of hydrogen-bond donors (Lipinski definition) is 2. The molecule has 0 saturated carbocycles. The van der Waals surface area contributed by atoms with Gasteiger partial charge in [-0.2, -0.15) is 0 Å². The van der Waals surface area contributed by atoms with Gasteiger partial charge in [-0.05, 0) is 42.8 Å². The van der Waals surface area contributed by atoms with E-state index in [1.807, 2.05) is 24.0 Å². The normalized spacial score (nSPS) is 10.2. The Bertz CT molecular complexity index is 599. The van der Waals surface area contributed by atoms with Gasteiger partial charge in [-0.3, -0.25) is 4.98 Å². The zero-order chi connectivity index (χ0) is 14.5. The molecular formula is C15H17N3O2. The van der Waals surface area contributed by atoms with Crippen LogP contribution in [0, 0.1) is 0 Å². The predicted octanol–water partition coefficient (Wildman–Crippen LogP) is 2.39. The molecule has 104 valence electrons. The summed E-state index contributed by atoms with van der Waals surface area (Å²) in [4.78, 5) is 17.3. The molecule has 5 heteroatoms. The topological polar surface area (TPSA) is 79.5 Å². The first kappa shape index (κ1) is 13.9. The number of aromatic carboxylic acids is 1. The molecule has 0 aliphatic heterocycles. The van der Waals surface area contributed by atoms with E-state index in [-0.39, 0.29) is 5.56 Å². The Hall–Kier alpha value is -2.56. The van der Waals surface area contributed by atoms with E-state index in [2.05, 4.69) is 4.98 Å². The second kappa shape index (κ2) is 6.06. The van der Waals surface area contributed by atoms with Crippen LogP contribution in [0.4, 0.5) is 11.4 Å². The summed E-state index contributed by atoms with van der Waals surface area (Å²) in [6.45, 7) is 3.28. The van der Waals surface area contributed by atoms with Crippen molar-refractivity contribution in [1.82, 2.24) is 4.98 Å². The second-order valence-corrected chi connectivity index (χ2v) is 4.45. The van der Waals surface area contributed by atoms with E-state index < -0.39 is 5.97 Å². The SMILES string of the molecule is CCN(Cc1ccncc1)c1cc(N)ccc1C(=O)O. The molecule has 1 heterocycles. The van der Waals surface area contributed by atoms with Crippen LogP contribution in [0.2, 0.25) is 0 Å². The Morgan fingerprint density at radius 3 is 2.60 bits per heavy atom. The van der Waals surface area contributed by atoms with E-state index in [9.17, 15) is 9.90 Å². The fraction of sp³-hybridized carbons (Fsp3) is 0.200. The molecule has 0 fully saturated rings. The number of hydrogen-bond acceptors (Lipinski definition) is 4. The number of benzene rings is 1. The van der Waals surface area contributed by atoms with Crippen LogP contribution in [0.1, 0.15) is 22.8 Å².